The van der Waals surface area contributed by atoms with Crippen molar-refractivity contribution in [1.82, 2.24) is 24.8 Å². The van der Waals surface area contributed by atoms with E-state index in [0.29, 0.717) is 30.0 Å². The number of benzene rings is 1. The van der Waals surface area contributed by atoms with Gasteiger partial charge in [0, 0.05) is 50.1 Å². The van der Waals surface area contributed by atoms with Crippen LogP contribution in [0.4, 0.5) is 8.78 Å². The van der Waals surface area contributed by atoms with E-state index in [1.54, 1.807) is 18.0 Å². The molecule has 0 radical (unpaired) electrons. The fraction of sp³-hybridized carbons (Fsp3) is 0.375. The average Bonchev–Trinajstić information content (AvgIpc) is 2.79. The number of hydrogen-bond donors (Lipinski definition) is 0. The van der Waals surface area contributed by atoms with Crippen LogP contribution < -0.4 is 4.74 Å². The third-order valence-electron chi connectivity index (χ3n) is 5.22. The Hall–Kier alpha value is -3.49. The number of rotatable bonds is 9. The van der Waals surface area contributed by atoms with Crippen molar-refractivity contribution in [2.45, 2.75) is 46.1 Å². The summed E-state index contributed by atoms with van der Waals surface area (Å²) in [6, 6.07) is 9.38. The Balaban J connectivity index is 1.68. The summed E-state index contributed by atoms with van der Waals surface area (Å²) < 4.78 is 32.1. The first kappa shape index (κ1) is 24.2. The molecule has 1 amide bonds. The second-order valence-corrected chi connectivity index (χ2v) is 7.77. The molecule has 33 heavy (non-hydrogen) atoms. The third-order valence-corrected chi connectivity index (χ3v) is 5.22. The van der Waals surface area contributed by atoms with Crippen LogP contribution in [0, 0.1) is 6.92 Å². The lowest BCUT2D eigenvalue weighted by Gasteiger charge is -2.28. The lowest BCUT2D eigenvalue weighted by molar-refractivity contribution is 0.0165. The Kier molecular flexibility index (Phi) is 7.63. The maximum absolute atomic E-state index is 13.4. The van der Waals surface area contributed by atoms with Gasteiger partial charge >= 0.3 is 6.01 Å². The van der Waals surface area contributed by atoms with E-state index in [2.05, 4.69) is 19.9 Å². The number of carbonyl (C=O) groups excluding carboxylic acids is 1. The van der Waals surface area contributed by atoms with E-state index in [0.717, 1.165) is 24.9 Å². The largest absolute Gasteiger partial charge is 0.463 e. The lowest BCUT2D eigenvalue weighted by Crippen LogP contribution is -2.39. The Morgan fingerprint density at radius 3 is 2.39 bits per heavy atom. The third kappa shape index (κ3) is 6.06. The van der Waals surface area contributed by atoms with Gasteiger partial charge in [0.15, 0.2) is 0 Å². The summed E-state index contributed by atoms with van der Waals surface area (Å²) >= 11 is 0. The minimum atomic E-state index is -3.01. The number of amides is 1. The molecule has 0 aliphatic heterocycles. The average molecular weight is 456 g/mol. The van der Waals surface area contributed by atoms with E-state index in [1.165, 1.54) is 0 Å². The highest BCUT2D eigenvalue weighted by molar-refractivity contribution is 5.99. The molecular formula is C24H27F2N5O2. The molecule has 0 saturated heterocycles. The van der Waals surface area contributed by atoms with Gasteiger partial charge in [0.1, 0.15) is 5.82 Å². The van der Waals surface area contributed by atoms with Gasteiger partial charge in [0.25, 0.3) is 11.8 Å². The van der Waals surface area contributed by atoms with E-state index in [-0.39, 0.29) is 30.1 Å². The highest BCUT2D eigenvalue weighted by Crippen LogP contribution is 2.26. The molecule has 1 atom stereocenters. The zero-order chi connectivity index (χ0) is 24.0. The second-order valence-electron chi connectivity index (χ2n) is 7.77. The number of halogens is 2. The fourth-order valence-corrected chi connectivity index (χ4v) is 3.35. The maximum Gasteiger partial charge on any atom is 0.316 e. The molecule has 2 heterocycles. The molecule has 1 aromatic carbocycles. The molecular weight excluding hydrogens is 428 g/mol. The Morgan fingerprint density at radius 1 is 1.12 bits per heavy atom. The molecule has 0 aliphatic carbocycles. The summed E-state index contributed by atoms with van der Waals surface area (Å²) in [6.45, 7) is 7.10. The summed E-state index contributed by atoms with van der Waals surface area (Å²) in [5, 5.41) is 0. The topological polar surface area (TPSA) is 81.1 Å². The number of hydrogen-bond acceptors (Lipinski definition) is 6. The van der Waals surface area contributed by atoms with Gasteiger partial charge in [-0.1, -0.05) is 30.3 Å². The van der Waals surface area contributed by atoms with E-state index >= 15 is 0 Å². The van der Waals surface area contributed by atoms with Crippen LogP contribution in [0.5, 0.6) is 6.01 Å². The second kappa shape index (κ2) is 10.4. The number of aromatic nitrogens is 4. The van der Waals surface area contributed by atoms with Crippen LogP contribution in [-0.2, 0) is 5.92 Å². The van der Waals surface area contributed by atoms with Crippen LogP contribution in [0.1, 0.15) is 48.9 Å². The van der Waals surface area contributed by atoms with Crippen molar-refractivity contribution in [3.05, 3.63) is 65.9 Å². The molecule has 0 aliphatic rings. The Labute approximate surface area is 191 Å². The van der Waals surface area contributed by atoms with Crippen LogP contribution in [0.25, 0.3) is 11.3 Å². The number of alkyl halides is 2. The van der Waals surface area contributed by atoms with Crippen molar-refractivity contribution in [1.29, 1.82) is 0 Å². The predicted octanol–water partition coefficient (Wildman–Crippen LogP) is 4.67. The zero-order valence-corrected chi connectivity index (χ0v) is 19.1. The van der Waals surface area contributed by atoms with Gasteiger partial charge in [-0.05, 0) is 20.8 Å². The van der Waals surface area contributed by atoms with Gasteiger partial charge in [0.2, 0.25) is 0 Å². The van der Waals surface area contributed by atoms with Gasteiger partial charge in [-0.3, -0.25) is 4.79 Å². The van der Waals surface area contributed by atoms with Gasteiger partial charge in [-0.15, -0.1) is 0 Å². The van der Waals surface area contributed by atoms with Gasteiger partial charge in [0.05, 0.1) is 23.4 Å². The molecule has 0 fully saturated rings. The van der Waals surface area contributed by atoms with Crippen LogP contribution in [0.15, 0.2) is 48.9 Å². The van der Waals surface area contributed by atoms with Crippen molar-refractivity contribution < 1.29 is 18.3 Å². The highest BCUT2D eigenvalue weighted by atomic mass is 19.3. The molecule has 9 heteroatoms. The molecule has 0 saturated carbocycles. The first-order valence-electron chi connectivity index (χ1n) is 10.7. The molecule has 3 aromatic rings. The van der Waals surface area contributed by atoms with Gasteiger partial charge < -0.3 is 9.64 Å². The number of carbonyl (C=O) groups is 1. The first-order valence-corrected chi connectivity index (χ1v) is 10.7. The number of ether oxygens (including phenoxy) is 1. The molecule has 0 spiro atoms. The van der Waals surface area contributed by atoms with Crippen molar-refractivity contribution in [3.8, 4) is 17.3 Å². The van der Waals surface area contributed by atoms with Crippen molar-refractivity contribution >= 4 is 5.91 Å². The van der Waals surface area contributed by atoms with Crippen LogP contribution in [0.2, 0.25) is 0 Å². The summed E-state index contributed by atoms with van der Waals surface area (Å²) in [5.74, 6) is -2.59. The normalized spacial score (nSPS) is 12.3. The predicted molar refractivity (Wildman–Crippen MR) is 120 cm³/mol. The van der Waals surface area contributed by atoms with E-state index in [9.17, 15) is 13.6 Å². The highest BCUT2D eigenvalue weighted by Gasteiger charge is 2.26. The first-order chi connectivity index (χ1) is 15.7. The van der Waals surface area contributed by atoms with Crippen LogP contribution >= 0.6 is 0 Å². The van der Waals surface area contributed by atoms with Crippen molar-refractivity contribution in [3.63, 3.8) is 0 Å². The summed E-state index contributed by atoms with van der Waals surface area (Å²) in [7, 11) is 0. The van der Waals surface area contributed by atoms with Crippen LogP contribution in [-0.4, -0.2) is 49.9 Å². The minimum Gasteiger partial charge on any atom is -0.463 e. The van der Waals surface area contributed by atoms with E-state index < -0.39 is 5.92 Å². The van der Waals surface area contributed by atoms with Gasteiger partial charge in [-0.25, -0.2) is 28.7 Å². The Bertz CT molecular complexity index is 1070. The molecule has 7 nitrogen and oxygen atoms in total. The van der Waals surface area contributed by atoms with Gasteiger partial charge in [-0.2, -0.15) is 0 Å². The van der Waals surface area contributed by atoms with E-state index in [1.807, 2.05) is 44.2 Å². The zero-order valence-electron chi connectivity index (χ0n) is 19.1. The minimum absolute atomic E-state index is 0.0165. The summed E-state index contributed by atoms with van der Waals surface area (Å²) in [4.78, 5) is 31.5. The molecule has 0 unspecified atom stereocenters. The molecule has 0 bridgehead atoms. The quantitative estimate of drug-likeness (QED) is 0.466. The van der Waals surface area contributed by atoms with E-state index in [4.69, 9.17) is 4.74 Å². The fourth-order valence-electron chi connectivity index (χ4n) is 3.35. The molecule has 2 aromatic heterocycles. The van der Waals surface area contributed by atoms with Crippen molar-refractivity contribution in [2.75, 3.05) is 13.2 Å². The number of aryl methyl sites for hydroxylation is 1. The molecule has 174 valence electrons. The molecule has 3 rings (SSSR count). The lowest BCUT2D eigenvalue weighted by atomic mass is 10.0. The van der Waals surface area contributed by atoms with Crippen molar-refractivity contribution in [2.24, 2.45) is 0 Å². The summed E-state index contributed by atoms with van der Waals surface area (Å²) in [6.07, 6.45) is 4.17. The maximum atomic E-state index is 13.4. The summed E-state index contributed by atoms with van der Waals surface area (Å²) in [5.41, 5.74) is 1.59. The molecule has 0 N–H and O–H groups in total. The SMILES string of the molecule is CCN(C(=O)c1cnc(C)nc1-c1ccccc1)[C@@H](C)CCOc1ncc(C(C)(F)F)cn1. The Morgan fingerprint density at radius 2 is 1.79 bits per heavy atom. The smallest absolute Gasteiger partial charge is 0.316 e. The number of nitrogens with zero attached hydrogens (tertiary/aromatic N) is 5. The monoisotopic (exact) mass is 455 g/mol. The standard InChI is InChI=1S/C24H27F2N5O2/c1-5-31(16(2)11-12-33-23-28-13-19(14-29-23)24(4,25)26)22(32)20-15-27-17(3)30-21(20)18-9-7-6-8-10-18/h6-10,13-16H,5,11-12H2,1-4H3/t16-/m0/s1. The van der Waals surface area contributed by atoms with Crippen LogP contribution in [0.3, 0.4) is 0 Å².